The normalized spacial score (nSPS) is 17.0. The minimum absolute atomic E-state index is 0.0551. The summed E-state index contributed by atoms with van der Waals surface area (Å²) in [4.78, 5) is 23.1. The zero-order valence-corrected chi connectivity index (χ0v) is 13.6. The molecule has 3 N–H and O–H groups in total. The van der Waals surface area contributed by atoms with Crippen molar-refractivity contribution in [3.8, 4) is 11.5 Å². The number of carbonyl (C=O) groups is 2. The third-order valence-electron chi connectivity index (χ3n) is 3.50. The van der Waals surface area contributed by atoms with Gasteiger partial charge in [0.1, 0.15) is 11.5 Å². The molecule has 3 rings (SSSR count). The molecular formula is C16H15N3O4S. The van der Waals surface area contributed by atoms with Crippen LogP contribution in [0.3, 0.4) is 0 Å². The molecule has 2 amide bonds. The van der Waals surface area contributed by atoms with Crippen molar-refractivity contribution in [3.63, 3.8) is 0 Å². The summed E-state index contributed by atoms with van der Waals surface area (Å²) in [6, 6.07) is 6.44. The molecule has 1 unspecified atom stereocenters. The van der Waals surface area contributed by atoms with Crippen LogP contribution >= 0.6 is 11.3 Å². The number of amides is 2. The standard InChI is InChI=1S/C16H15N3O4S/c1-9-6-14(21)18-19-15(9)10-2-3-12(13(20)7-10)17-16(22)23-11-4-5-24-8-11/h2-5,7-9,20H,6H2,1H3,(H,17,22)(H,18,21). The number of nitrogens with zero attached hydrogens (tertiary/aromatic N) is 1. The average Bonchev–Trinajstić information content (AvgIpc) is 3.02. The van der Waals surface area contributed by atoms with Crippen molar-refractivity contribution in [3.05, 3.63) is 40.6 Å². The molecule has 2 aromatic rings. The number of ether oxygens (including phenoxy) is 1. The van der Waals surface area contributed by atoms with E-state index in [0.717, 1.165) is 0 Å². The lowest BCUT2D eigenvalue weighted by atomic mass is 9.94. The SMILES string of the molecule is CC1CC(=O)NN=C1c1ccc(NC(=O)Oc2ccsc2)c(O)c1. The number of phenolic OH excluding ortho intramolecular Hbond substituents is 1. The number of aromatic hydroxyl groups is 1. The number of nitrogens with one attached hydrogen (secondary N) is 2. The molecule has 7 nitrogen and oxygen atoms in total. The van der Waals surface area contributed by atoms with Crippen molar-refractivity contribution in [2.24, 2.45) is 11.0 Å². The van der Waals surface area contributed by atoms with E-state index in [-0.39, 0.29) is 23.3 Å². The third-order valence-corrected chi connectivity index (χ3v) is 4.16. The Bertz CT molecular complexity index is 802. The van der Waals surface area contributed by atoms with Gasteiger partial charge in [-0.25, -0.2) is 10.2 Å². The number of phenols is 1. The van der Waals surface area contributed by atoms with Crippen LogP contribution in [0.15, 0.2) is 40.1 Å². The molecule has 1 atom stereocenters. The highest BCUT2D eigenvalue weighted by Gasteiger charge is 2.22. The summed E-state index contributed by atoms with van der Waals surface area (Å²) in [5, 5.41) is 20.1. The Morgan fingerprint density at radius 1 is 1.46 bits per heavy atom. The van der Waals surface area contributed by atoms with Crippen molar-refractivity contribution in [1.29, 1.82) is 0 Å². The van der Waals surface area contributed by atoms with E-state index in [1.54, 1.807) is 29.0 Å². The summed E-state index contributed by atoms with van der Waals surface area (Å²) < 4.78 is 5.07. The number of thiophene rings is 1. The summed E-state index contributed by atoms with van der Waals surface area (Å²) in [7, 11) is 0. The molecular weight excluding hydrogens is 330 g/mol. The zero-order valence-electron chi connectivity index (χ0n) is 12.8. The first kappa shape index (κ1) is 16.0. The van der Waals surface area contributed by atoms with E-state index in [0.29, 0.717) is 23.4 Å². The maximum absolute atomic E-state index is 11.8. The van der Waals surface area contributed by atoms with Crippen molar-refractivity contribution >= 4 is 34.7 Å². The number of rotatable bonds is 3. The van der Waals surface area contributed by atoms with Crippen LogP contribution in [-0.4, -0.2) is 22.8 Å². The Morgan fingerprint density at radius 3 is 2.96 bits per heavy atom. The van der Waals surface area contributed by atoms with Gasteiger partial charge in [-0.05, 0) is 23.6 Å². The minimum atomic E-state index is -0.688. The molecule has 8 heteroatoms. The highest BCUT2D eigenvalue weighted by atomic mass is 32.1. The monoisotopic (exact) mass is 345 g/mol. The van der Waals surface area contributed by atoms with Crippen molar-refractivity contribution < 1.29 is 19.4 Å². The van der Waals surface area contributed by atoms with E-state index in [2.05, 4.69) is 15.8 Å². The molecule has 1 aromatic heterocycles. The average molecular weight is 345 g/mol. The van der Waals surface area contributed by atoms with Gasteiger partial charge in [0.2, 0.25) is 5.91 Å². The lowest BCUT2D eigenvalue weighted by molar-refractivity contribution is -0.121. The molecule has 24 heavy (non-hydrogen) atoms. The summed E-state index contributed by atoms with van der Waals surface area (Å²) in [5.74, 6) is 0.141. The fourth-order valence-corrected chi connectivity index (χ4v) is 2.90. The molecule has 0 spiro atoms. The van der Waals surface area contributed by atoms with Gasteiger partial charge in [-0.15, -0.1) is 11.3 Å². The van der Waals surface area contributed by atoms with Crippen LogP contribution in [-0.2, 0) is 4.79 Å². The molecule has 1 aliphatic rings. The van der Waals surface area contributed by atoms with Crippen molar-refractivity contribution in [1.82, 2.24) is 5.43 Å². The molecule has 124 valence electrons. The van der Waals surface area contributed by atoms with Gasteiger partial charge in [0, 0.05) is 23.3 Å². The van der Waals surface area contributed by atoms with Crippen LogP contribution in [0.25, 0.3) is 0 Å². The molecule has 1 aromatic carbocycles. The van der Waals surface area contributed by atoms with Crippen LogP contribution in [0.2, 0.25) is 0 Å². The molecule has 0 saturated heterocycles. The smallest absolute Gasteiger partial charge is 0.417 e. The fraction of sp³-hybridized carbons (Fsp3) is 0.188. The van der Waals surface area contributed by atoms with Crippen molar-refractivity contribution in [2.45, 2.75) is 13.3 Å². The predicted molar refractivity (Wildman–Crippen MR) is 90.5 cm³/mol. The third kappa shape index (κ3) is 3.54. The number of hydrogen-bond acceptors (Lipinski definition) is 6. The number of carbonyl (C=O) groups excluding carboxylic acids is 2. The van der Waals surface area contributed by atoms with Crippen LogP contribution in [0.4, 0.5) is 10.5 Å². The highest BCUT2D eigenvalue weighted by Crippen LogP contribution is 2.27. The molecule has 1 aliphatic heterocycles. The topological polar surface area (TPSA) is 100 Å². The summed E-state index contributed by atoms with van der Waals surface area (Å²) in [6.07, 6.45) is -0.348. The molecule has 0 radical (unpaired) electrons. The second kappa shape index (κ2) is 6.71. The zero-order chi connectivity index (χ0) is 17.1. The largest absolute Gasteiger partial charge is 0.506 e. The molecule has 2 heterocycles. The van der Waals surface area contributed by atoms with Gasteiger partial charge >= 0.3 is 6.09 Å². The molecule has 0 fully saturated rings. The molecule has 0 aliphatic carbocycles. The first-order chi connectivity index (χ1) is 11.5. The van der Waals surface area contributed by atoms with E-state index in [9.17, 15) is 14.7 Å². The Kier molecular flexibility index (Phi) is 4.48. The minimum Gasteiger partial charge on any atom is -0.506 e. The first-order valence-corrected chi connectivity index (χ1v) is 8.18. The number of benzene rings is 1. The maximum atomic E-state index is 11.8. The van der Waals surface area contributed by atoms with E-state index in [4.69, 9.17) is 4.74 Å². The van der Waals surface area contributed by atoms with Crippen LogP contribution in [0.1, 0.15) is 18.9 Å². The van der Waals surface area contributed by atoms with E-state index in [1.807, 2.05) is 6.92 Å². The lowest BCUT2D eigenvalue weighted by Gasteiger charge is -2.19. The first-order valence-electron chi connectivity index (χ1n) is 7.24. The molecule has 0 saturated carbocycles. The van der Waals surface area contributed by atoms with Crippen LogP contribution in [0, 0.1) is 5.92 Å². The van der Waals surface area contributed by atoms with Crippen LogP contribution < -0.4 is 15.5 Å². The predicted octanol–water partition coefficient (Wildman–Crippen LogP) is 2.92. The highest BCUT2D eigenvalue weighted by molar-refractivity contribution is 7.08. The Balaban J connectivity index is 1.73. The van der Waals surface area contributed by atoms with E-state index >= 15 is 0 Å². The summed E-state index contributed by atoms with van der Waals surface area (Å²) >= 11 is 1.41. The second-order valence-corrected chi connectivity index (χ2v) is 6.12. The van der Waals surface area contributed by atoms with Gasteiger partial charge in [-0.3, -0.25) is 10.1 Å². The fourth-order valence-electron chi connectivity index (χ4n) is 2.35. The van der Waals surface area contributed by atoms with Gasteiger partial charge in [-0.2, -0.15) is 5.10 Å². The summed E-state index contributed by atoms with van der Waals surface area (Å²) in [5.41, 5.74) is 4.02. The van der Waals surface area contributed by atoms with Gasteiger partial charge in [0.15, 0.2) is 0 Å². The Labute approximate surface area is 142 Å². The van der Waals surface area contributed by atoms with Gasteiger partial charge in [-0.1, -0.05) is 13.0 Å². The number of anilines is 1. The van der Waals surface area contributed by atoms with Crippen molar-refractivity contribution in [2.75, 3.05) is 5.32 Å². The number of hydrazone groups is 1. The van der Waals surface area contributed by atoms with Crippen LogP contribution in [0.5, 0.6) is 11.5 Å². The van der Waals surface area contributed by atoms with E-state index in [1.165, 1.54) is 17.4 Å². The van der Waals surface area contributed by atoms with E-state index < -0.39 is 6.09 Å². The Hall–Kier alpha value is -2.87. The molecule has 0 bridgehead atoms. The van der Waals surface area contributed by atoms with Gasteiger partial charge in [0.05, 0.1) is 11.4 Å². The summed E-state index contributed by atoms with van der Waals surface area (Å²) in [6.45, 7) is 1.89. The lowest BCUT2D eigenvalue weighted by Crippen LogP contribution is -2.31. The quantitative estimate of drug-likeness (QED) is 0.745. The second-order valence-electron chi connectivity index (χ2n) is 5.34. The number of hydrogen-bond donors (Lipinski definition) is 3. The maximum Gasteiger partial charge on any atom is 0.417 e. The Morgan fingerprint density at radius 2 is 2.29 bits per heavy atom. The van der Waals surface area contributed by atoms with Gasteiger partial charge < -0.3 is 9.84 Å². The van der Waals surface area contributed by atoms with Gasteiger partial charge in [0.25, 0.3) is 0 Å².